The zero-order chi connectivity index (χ0) is 19.9. The molecule has 0 fully saturated rings. The second-order valence-electron chi connectivity index (χ2n) is 6.51. The summed E-state index contributed by atoms with van der Waals surface area (Å²) in [7, 11) is 0. The molecule has 0 aliphatic carbocycles. The molecule has 1 amide bonds. The van der Waals surface area contributed by atoms with Gasteiger partial charge in [0.25, 0.3) is 0 Å². The van der Waals surface area contributed by atoms with Gasteiger partial charge in [0.1, 0.15) is 11.5 Å². The number of hydrogen-bond acceptors (Lipinski definition) is 3. The Bertz CT molecular complexity index is 967. The number of aryl methyl sites for hydroxylation is 2. The molecule has 1 heterocycles. The molecule has 3 rings (SSSR count). The molecule has 28 heavy (non-hydrogen) atoms. The van der Waals surface area contributed by atoms with E-state index in [0.29, 0.717) is 18.0 Å². The molecule has 6 heteroatoms. The number of hydrazine groups is 1. The van der Waals surface area contributed by atoms with Gasteiger partial charge in [-0.2, -0.15) is 0 Å². The van der Waals surface area contributed by atoms with Gasteiger partial charge in [0.15, 0.2) is 5.11 Å². The molecule has 0 unspecified atom stereocenters. The first-order valence-electron chi connectivity index (χ1n) is 9.09. The van der Waals surface area contributed by atoms with Crippen LogP contribution in [0.2, 0.25) is 0 Å². The van der Waals surface area contributed by atoms with Gasteiger partial charge in [-0.1, -0.05) is 42.5 Å². The van der Waals surface area contributed by atoms with E-state index in [2.05, 4.69) is 16.2 Å². The van der Waals surface area contributed by atoms with Crippen LogP contribution in [-0.2, 0) is 11.2 Å². The lowest BCUT2D eigenvalue weighted by Crippen LogP contribution is -2.43. The van der Waals surface area contributed by atoms with Gasteiger partial charge in [-0.25, -0.2) is 0 Å². The molecule has 0 bridgehead atoms. The average molecular weight is 394 g/mol. The van der Waals surface area contributed by atoms with Crippen molar-refractivity contribution in [3.05, 3.63) is 77.6 Å². The number of thiocarbonyl (C=S) groups is 1. The summed E-state index contributed by atoms with van der Waals surface area (Å²) in [5.41, 5.74) is 9.56. The van der Waals surface area contributed by atoms with Crippen LogP contribution in [0.5, 0.6) is 0 Å². The zero-order valence-electron chi connectivity index (χ0n) is 15.9. The van der Waals surface area contributed by atoms with Crippen LogP contribution >= 0.6 is 12.2 Å². The molecular formula is C22H23N3O2S. The maximum Gasteiger partial charge on any atom is 0.238 e. The highest BCUT2D eigenvalue weighted by molar-refractivity contribution is 7.80. The highest BCUT2D eigenvalue weighted by atomic mass is 32.1. The predicted octanol–water partition coefficient (Wildman–Crippen LogP) is 4.51. The number of anilines is 1. The SMILES string of the molecule is Cc1cccc(NC(=S)NNC(=O)CCc2ccc(-c3ccccc3)o2)c1C. The molecule has 5 nitrogen and oxygen atoms in total. The summed E-state index contributed by atoms with van der Waals surface area (Å²) in [5, 5.41) is 3.43. The van der Waals surface area contributed by atoms with Crippen LogP contribution in [0.1, 0.15) is 23.3 Å². The third-order valence-corrected chi connectivity index (χ3v) is 4.69. The molecule has 0 atom stereocenters. The second kappa shape index (κ2) is 9.19. The topological polar surface area (TPSA) is 66.3 Å². The molecular weight excluding hydrogens is 370 g/mol. The van der Waals surface area contributed by atoms with Crippen molar-refractivity contribution in [2.45, 2.75) is 26.7 Å². The van der Waals surface area contributed by atoms with Crippen molar-refractivity contribution in [2.24, 2.45) is 0 Å². The standard InChI is InChI=1S/C22H23N3O2S/c1-15-7-6-10-19(16(15)2)23-22(28)25-24-21(26)14-12-18-11-13-20(27-18)17-8-4-3-5-9-17/h3-11,13H,12,14H2,1-2H3,(H,24,26)(H2,23,25,28). The van der Waals surface area contributed by atoms with E-state index in [0.717, 1.165) is 28.3 Å². The number of hydrogen-bond donors (Lipinski definition) is 3. The van der Waals surface area contributed by atoms with Crippen molar-refractivity contribution < 1.29 is 9.21 Å². The van der Waals surface area contributed by atoms with Gasteiger partial charge in [0, 0.05) is 24.1 Å². The van der Waals surface area contributed by atoms with Crippen molar-refractivity contribution in [1.29, 1.82) is 0 Å². The minimum atomic E-state index is -0.164. The molecule has 2 aromatic carbocycles. The third-order valence-electron chi connectivity index (χ3n) is 4.49. The van der Waals surface area contributed by atoms with Crippen molar-refractivity contribution in [1.82, 2.24) is 10.9 Å². The van der Waals surface area contributed by atoms with E-state index in [1.54, 1.807) is 0 Å². The Hall–Kier alpha value is -3.12. The fourth-order valence-electron chi connectivity index (χ4n) is 2.74. The Morgan fingerprint density at radius 3 is 2.54 bits per heavy atom. The highest BCUT2D eigenvalue weighted by Crippen LogP contribution is 2.22. The first-order chi connectivity index (χ1) is 13.5. The van der Waals surface area contributed by atoms with Crippen molar-refractivity contribution >= 4 is 28.9 Å². The van der Waals surface area contributed by atoms with Crippen LogP contribution < -0.4 is 16.2 Å². The van der Waals surface area contributed by atoms with Gasteiger partial charge in [-0.3, -0.25) is 15.6 Å². The Balaban J connectivity index is 1.44. The van der Waals surface area contributed by atoms with Gasteiger partial charge in [0.05, 0.1) is 0 Å². The van der Waals surface area contributed by atoms with E-state index in [-0.39, 0.29) is 5.91 Å². The van der Waals surface area contributed by atoms with Gasteiger partial charge < -0.3 is 9.73 Å². The number of carbonyl (C=O) groups is 1. The lowest BCUT2D eigenvalue weighted by atomic mass is 10.1. The van der Waals surface area contributed by atoms with E-state index in [1.807, 2.05) is 74.5 Å². The van der Waals surface area contributed by atoms with Crippen LogP contribution in [0, 0.1) is 13.8 Å². The molecule has 0 aliphatic rings. The van der Waals surface area contributed by atoms with E-state index >= 15 is 0 Å². The summed E-state index contributed by atoms with van der Waals surface area (Å²) in [5.74, 6) is 1.40. The molecule has 0 aliphatic heterocycles. The number of amides is 1. The minimum Gasteiger partial charge on any atom is -0.461 e. The van der Waals surface area contributed by atoms with E-state index in [1.165, 1.54) is 5.56 Å². The van der Waals surface area contributed by atoms with Crippen LogP contribution in [0.15, 0.2) is 65.1 Å². The van der Waals surface area contributed by atoms with Crippen LogP contribution in [-0.4, -0.2) is 11.0 Å². The predicted molar refractivity (Wildman–Crippen MR) is 116 cm³/mol. The zero-order valence-corrected chi connectivity index (χ0v) is 16.7. The second-order valence-corrected chi connectivity index (χ2v) is 6.92. The molecule has 144 valence electrons. The fraction of sp³-hybridized carbons (Fsp3) is 0.182. The van der Waals surface area contributed by atoms with Crippen molar-refractivity contribution in [3.8, 4) is 11.3 Å². The Labute approximate surface area is 170 Å². The summed E-state index contributed by atoms with van der Waals surface area (Å²) in [6.45, 7) is 4.06. The van der Waals surface area contributed by atoms with Crippen LogP contribution in [0.3, 0.4) is 0 Å². The van der Waals surface area contributed by atoms with Crippen LogP contribution in [0.25, 0.3) is 11.3 Å². The largest absolute Gasteiger partial charge is 0.461 e. The molecule has 1 aromatic heterocycles. The number of benzene rings is 2. The van der Waals surface area contributed by atoms with Gasteiger partial charge in [0.2, 0.25) is 5.91 Å². The fourth-order valence-corrected chi connectivity index (χ4v) is 2.90. The monoisotopic (exact) mass is 393 g/mol. The minimum absolute atomic E-state index is 0.164. The maximum atomic E-state index is 12.1. The summed E-state index contributed by atoms with van der Waals surface area (Å²) >= 11 is 5.24. The summed E-state index contributed by atoms with van der Waals surface area (Å²) in [6, 6.07) is 19.6. The average Bonchev–Trinajstić information content (AvgIpc) is 3.18. The molecule has 3 aromatic rings. The Kier molecular flexibility index (Phi) is 6.45. The lowest BCUT2D eigenvalue weighted by Gasteiger charge is -2.14. The van der Waals surface area contributed by atoms with Crippen molar-refractivity contribution in [3.63, 3.8) is 0 Å². The smallest absolute Gasteiger partial charge is 0.238 e. The molecule has 0 saturated carbocycles. The van der Waals surface area contributed by atoms with Gasteiger partial charge in [-0.05, 0) is 55.4 Å². The number of rotatable bonds is 5. The van der Waals surface area contributed by atoms with Gasteiger partial charge >= 0.3 is 0 Å². The first kappa shape index (κ1) is 19.6. The highest BCUT2D eigenvalue weighted by Gasteiger charge is 2.08. The maximum absolute atomic E-state index is 12.1. The van der Waals surface area contributed by atoms with E-state index in [4.69, 9.17) is 16.6 Å². The number of furan rings is 1. The molecule has 0 saturated heterocycles. The molecule has 0 radical (unpaired) electrons. The normalized spacial score (nSPS) is 10.4. The quantitative estimate of drug-likeness (QED) is 0.439. The summed E-state index contributed by atoms with van der Waals surface area (Å²) < 4.78 is 5.81. The number of nitrogens with one attached hydrogen (secondary N) is 3. The molecule has 3 N–H and O–H groups in total. The third kappa shape index (κ3) is 5.20. The van der Waals surface area contributed by atoms with Crippen LogP contribution in [0.4, 0.5) is 5.69 Å². The summed E-state index contributed by atoms with van der Waals surface area (Å²) in [6.07, 6.45) is 0.804. The first-order valence-corrected chi connectivity index (χ1v) is 9.50. The Morgan fingerprint density at radius 1 is 0.964 bits per heavy atom. The number of carbonyl (C=O) groups excluding carboxylic acids is 1. The summed E-state index contributed by atoms with van der Waals surface area (Å²) in [4.78, 5) is 12.1. The van der Waals surface area contributed by atoms with Gasteiger partial charge in [-0.15, -0.1) is 0 Å². The van der Waals surface area contributed by atoms with E-state index in [9.17, 15) is 4.79 Å². The van der Waals surface area contributed by atoms with E-state index < -0.39 is 0 Å². The Morgan fingerprint density at radius 2 is 1.75 bits per heavy atom. The lowest BCUT2D eigenvalue weighted by molar-refractivity contribution is -0.121. The van der Waals surface area contributed by atoms with Crippen molar-refractivity contribution in [2.75, 3.05) is 5.32 Å². The molecule has 0 spiro atoms.